The van der Waals surface area contributed by atoms with Gasteiger partial charge in [0.15, 0.2) is 5.78 Å². The van der Waals surface area contributed by atoms with Crippen LogP contribution in [0.2, 0.25) is 0 Å². The summed E-state index contributed by atoms with van der Waals surface area (Å²) in [5, 5.41) is 0.642. The van der Waals surface area contributed by atoms with Crippen molar-refractivity contribution in [3.8, 4) is 11.1 Å². The number of hydrogen-bond acceptors (Lipinski definition) is 2. The van der Waals surface area contributed by atoms with Crippen molar-refractivity contribution in [3.63, 3.8) is 0 Å². The Morgan fingerprint density at radius 3 is 2.38 bits per heavy atom. The molecule has 122 valence electrons. The first kappa shape index (κ1) is 16.2. The van der Waals surface area contributed by atoms with Crippen LogP contribution in [0.1, 0.15) is 28.5 Å². The van der Waals surface area contributed by atoms with Crippen LogP contribution < -0.4 is 0 Å². The van der Waals surface area contributed by atoms with E-state index in [1.54, 1.807) is 37.3 Å². The number of pyridine rings is 1. The summed E-state index contributed by atoms with van der Waals surface area (Å²) in [5.41, 5.74) is 2.25. The van der Waals surface area contributed by atoms with Crippen molar-refractivity contribution in [2.24, 2.45) is 0 Å². The van der Waals surface area contributed by atoms with Gasteiger partial charge in [0.2, 0.25) is 0 Å². The fourth-order valence-corrected chi connectivity index (χ4v) is 2.70. The van der Waals surface area contributed by atoms with Gasteiger partial charge in [0.25, 0.3) is 0 Å². The number of ketones is 1. The van der Waals surface area contributed by atoms with Gasteiger partial charge >= 0.3 is 6.18 Å². The van der Waals surface area contributed by atoms with Gasteiger partial charge in [-0.1, -0.05) is 18.2 Å². The molecule has 5 heteroatoms. The first-order valence-corrected chi connectivity index (χ1v) is 7.36. The lowest BCUT2D eigenvalue weighted by Crippen LogP contribution is -2.04. The highest BCUT2D eigenvalue weighted by Gasteiger charge is 2.30. The number of Topliss-reactive ketones (excluding diaryl/α,β-unsaturated/α-hetero) is 1. The summed E-state index contributed by atoms with van der Waals surface area (Å²) in [6.07, 6.45) is -4.39. The predicted octanol–water partition coefficient (Wildman–Crippen LogP) is 5.43. The number of fused-ring (bicyclic) bond motifs is 1. The smallest absolute Gasteiger partial charge is 0.294 e. The molecule has 2 nitrogen and oxygen atoms in total. The van der Waals surface area contributed by atoms with Crippen molar-refractivity contribution in [2.45, 2.75) is 20.0 Å². The minimum Gasteiger partial charge on any atom is -0.294 e. The Bertz CT molecular complexity index is 945. The second-order valence-corrected chi connectivity index (χ2v) is 5.68. The normalized spacial score (nSPS) is 11.7. The van der Waals surface area contributed by atoms with Gasteiger partial charge < -0.3 is 0 Å². The number of hydrogen-bond donors (Lipinski definition) is 0. The van der Waals surface area contributed by atoms with E-state index in [4.69, 9.17) is 0 Å². The summed E-state index contributed by atoms with van der Waals surface area (Å²) in [5.74, 6) is -0.105. The van der Waals surface area contributed by atoms with E-state index in [1.807, 2.05) is 0 Å². The highest BCUT2D eigenvalue weighted by Crippen LogP contribution is 2.33. The van der Waals surface area contributed by atoms with Gasteiger partial charge in [0.05, 0.1) is 11.1 Å². The molecule has 0 saturated heterocycles. The van der Waals surface area contributed by atoms with Crippen LogP contribution in [-0.4, -0.2) is 10.8 Å². The second-order valence-electron chi connectivity index (χ2n) is 5.68. The van der Waals surface area contributed by atoms with Crippen LogP contribution in [0.4, 0.5) is 13.2 Å². The molecule has 0 aliphatic rings. The molecule has 1 aromatic heterocycles. The van der Waals surface area contributed by atoms with Crippen molar-refractivity contribution < 1.29 is 18.0 Å². The van der Waals surface area contributed by atoms with Crippen LogP contribution in [0.3, 0.4) is 0 Å². The van der Waals surface area contributed by atoms with E-state index in [1.165, 1.54) is 13.0 Å². The lowest BCUT2D eigenvalue weighted by molar-refractivity contribution is -0.137. The Hall–Kier alpha value is -2.69. The maximum atomic E-state index is 12.9. The first-order chi connectivity index (χ1) is 11.3. The van der Waals surface area contributed by atoms with Crippen molar-refractivity contribution in [1.82, 2.24) is 4.98 Å². The van der Waals surface area contributed by atoms with Crippen molar-refractivity contribution >= 4 is 16.7 Å². The molecule has 0 radical (unpaired) electrons. The number of alkyl halides is 3. The molecule has 0 spiro atoms. The highest BCUT2D eigenvalue weighted by molar-refractivity contribution is 6.07. The molecule has 0 fully saturated rings. The van der Waals surface area contributed by atoms with E-state index >= 15 is 0 Å². The molecule has 0 N–H and O–H groups in total. The maximum absolute atomic E-state index is 12.9. The van der Waals surface area contributed by atoms with Crippen molar-refractivity contribution in [3.05, 3.63) is 65.4 Å². The van der Waals surface area contributed by atoms with E-state index in [-0.39, 0.29) is 5.78 Å². The molecule has 0 aliphatic carbocycles. The van der Waals surface area contributed by atoms with Crippen LogP contribution in [0.5, 0.6) is 0 Å². The van der Waals surface area contributed by atoms with Crippen molar-refractivity contribution in [1.29, 1.82) is 0 Å². The molecular weight excluding hydrogens is 315 g/mol. The van der Waals surface area contributed by atoms with Gasteiger partial charge in [-0.2, -0.15) is 13.2 Å². The van der Waals surface area contributed by atoms with Crippen LogP contribution in [0, 0.1) is 6.92 Å². The number of aryl methyl sites for hydroxylation is 1. The number of aromatic nitrogens is 1. The van der Waals surface area contributed by atoms with Crippen LogP contribution in [0.25, 0.3) is 22.0 Å². The third-order valence-electron chi connectivity index (χ3n) is 3.84. The summed E-state index contributed by atoms with van der Waals surface area (Å²) in [6.45, 7) is 3.26. The molecule has 0 atom stereocenters. The number of halogens is 3. The minimum atomic E-state index is -4.39. The zero-order valence-corrected chi connectivity index (χ0v) is 13.1. The molecule has 0 amide bonds. The lowest BCUT2D eigenvalue weighted by Gasteiger charge is -2.11. The average molecular weight is 329 g/mol. The fraction of sp³-hybridized carbons (Fsp3) is 0.158. The zero-order valence-electron chi connectivity index (χ0n) is 13.1. The molecule has 0 saturated carbocycles. The summed E-state index contributed by atoms with van der Waals surface area (Å²) < 4.78 is 38.7. The largest absolute Gasteiger partial charge is 0.416 e. The summed E-state index contributed by atoms with van der Waals surface area (Å²) in [4.78, 5) is 16.2. The number of nitrogens with zero attached hydrogens (tertiary/aromatic N) is 1. The molecule has 3 aromatic rings. The Morgan fingerprint density at radius 1 is 1.00 bits per heavy atom. The Balaban J connectivity index is 2.20. The van der Waals surface area contributed by atoms with Gasteiger partial charge in [-0.25, -0.2) is 0 Å². The predicted molar refractivity (Wildman–Crippen MR) is 86.9 cm³/mol. The average Bonchev–Trinajstić information content (AvgIpc) is 2.53. The fourth-order valence-electron chi connectivity index (χ4n) is 2.70. The zero-order chi connectivity index (χ0) is 17.5. The second kappa shape index (κ2) is 5.74. The van der Waals surface area contributed by atoms with E-state index < -0.39 is 11.7 Å². The Labute approximate surface area is 137 Å². The topological polar surface area (TPSA) is 30.0 Å². The van der Waals surface area contributed by atoms with Crippen molar-refractivity contribution in [2.75, 3.05) is 0 Å². The molecule has 24 heavy (non-hydrogen) atoms. The van der Waals surface area contributed by atoms with E-state index in [0.717, 1.165) is 17.8 Å². The number of carbonyl (C=O) groups is 1. The standard InChI is InChI=1S/C19H14F3NO/c1-11-8-16(12(2)24)17-10-14(6-7-18(17)23-11)13-4-3-5-15(9-13)19(20,21)22/h3-10H,1-2H3. The van der Waals surface area contributed by atoms with Crippen LogP contribution in [-0.2, 0) is 6.18 Å². The maximum Gasteiger partial charge on any atom is 0.416 e. The van der Waals surface area contributed by atoms with Crippen LogP contribution >= 0.6 is 0 Å². The number of rotatable bonds is 2. The summed E-state index contributed by atoms with van der Waals surface area (Å²) in [6, 6.07) is 12.0. The van der Waals surface area contributed by atoms with Gasteiger partial charge in [-0.3, -0.25) is 9.78 Å². The molecule has 3 rings (SSSR count). The SMILES string of the molecule is CC(=O)c1cc(C)nc2ccc(-c3cccc(C(F)(F)F)c3)cc12. The van der Waals surface area contributed by atoms with E-state index in [2.05, 4.69) is 4.98 Å². The third kappa shape index (κ3) is 3.02. The van der Waals surface area contributed by atoms with E-state index in [9.17, 15) is 18.0 Å². The van der Waals surface area contributed by atoms with Gasteiger partial charge in [-0.05, 0) is 55.3 Å². The number of benzene rings is 2. The van der Waals surface area contributed by atoms with Gasteiger partial charge in [-0.15, -0.1) is 0 Å². The quantitative estimate of drug-likeness (QED) is 0.587. The number of carbonyl (C=O) groups excluding carboxylic acids is 1. The molecule has 2 aromatic carbocycles. The molecular formula is C19H14F3NO. The molecule has 0 aliphatic heterocycles. The molecule has 0 bridgehead atoms. The van der Waals surface area contributed by atoms with E-state index in [0.29, 0.717) is 27.6 Å². The van der Waals surface area contributed by atoms with Gasteiger partial charge in [0, 0.05) is 16.6 Å². The van der Waals surface area contributed by atoms with Crippen LogP contribution in [0.15, 0.2) is 48.5 Å². The Morgan fingerprint density at radius 2 is 1.71 bits per heavy atom. The first-order valence-electron chi connectivity index (χ1n) is 7.36. The summed E-state index contributed by atoms with van der Waals surface area (Å²) >= 11 is 0. The van der Waals surface area contributed by atoms with Gasteiger partial charge in [0.1, 0.15) is 0 Å². The highest BCUT2D eigenvalue weighted by atomic mass is 19.4. The third-order valence-corrected chi connectivity index (χ3v) is 3.84. The molecule has 1 heterocycles. The monoisotopic (exact) mass is 329 g/mol. The summed E-state index contributed by atoms with van der Waals surface area (Å²) in [7, 11) is 0. The minimum absolute atomic E-state index is 0.105. The lowest BCUT2D eigenvalue weighted by atomic mass is 9.98. The Kier molecular flexibility index (Phi) is 3.87. The molecule has 0 unspecified atom stereocenters.